The number of benzene rings is 2. The van der Waals surface area contributed by atoms with Crippen molar-refractivity contribution >= 4 is 11.9 Å². The zero-order chi connectivity index (χ0) is 15.5. The third-order valence-corrected chi connectivity index (χ3v) is 2.58. The molecule has 0 atom stereocenters. The van der Waals surface area contributed by atoms with Crippen LogP contribution in [0.3, 0.4) is 0 Å². The molecular weight excluding hydrogens is 291 g/mol. The number of anilines is 1. The molecule has 0 heterocycles. The first-order chi connectivity index (χ1) is 9.88. The summed E-state index contributed by atoms with van der Waals surface area (Å²) in [7, 11) is 0. The molecule has 2 rings (SSSR count). The Kier molecular flexibility index (Phi) is 4.21. The standard InChI is InChI=1S/C14H9F5N2/c15-10-6-5-9(12(16)7-10)8-20-21-13-4-2-1-3-11(13)14(17,18)19/h1-8,21H/b20-8-. The first kappa shape index (κ1) is 15.0. The Morgan fingerprint density at radius 3 is 2.38 bits per heavy atom. The fraction of sp³-hybridized carbons (Fsp3) is 0.0714. The number of hydrogen-bond donors (Lipinski definition) is 1. The molecule has 0 radical (unpaired) electrons. The predicted octanol–water partition coefficient (Wildman–Crippen LogP) is 4.43. The second kappa shape index (κ2) is 5.90. The normalized spacial score (nSPS) is 11.9. The Balaban J connectivity index is 2.18. The summed E-state index contributed by atoms with van der Waals surface area (Å²) in [6.07, 6.45) is -3.55. The molecule has 0 unspecified atom stereocenters. The number of para-hydroxylation sites is 1. The molecule has 110 valence electrons. The van der Waals surface area contributed by atoms with Crippen molar-refractivity contribution in [3.8, 4) is 0 Å². The van der Waals surface area contributed by atoms with Gasteiger partial charge in [-0.15, -0.1) is 0 Å². The molecule has 0 aliphatic carbocycles. The number of hydrogen-bond acceptors (Lipinski definition) is 2. The van der Waals surface area contributed by atoms with E-state index in [1.165, 1.54) is 18.2 Å². The fourth-order valence-corrected chi connectivity index (χ4v) is 1.61. The molecule has 1 N–H and O–H groups in total. The molecule has 2 aromatic rings. The molecule has 0 amide bonds. The molecule has 0 saturated heterocycles. The highest BCUT2D eigenvalue weighted by Crippen LogP contribution is 2.34. The van der Waals surface area contributed by atoms with E-state index in [0.717, 1.165) is 24.4 Å². The highest BCUT2D eigenvalue weighted by molar-refractivity contribution is 5.80. The number of nitrogens with zero attached hydrogens (tertiary/aromatic N) is 1. The molecule has 0 spiro atoms. The lowest BCUT2D eigenvalue weighted by molar-refractivity contribution is -0.136. The van der Waals surface area contributed by atoms with Gasteiger partial charge in [-0.2, -0.15) is 18.3 Å². The van der Waals surface area contributed by atoms with Gasteiger partial charge in [-0.3, -0.25) is 5.43 Å². The molecule has 0 aromatic heterocycles. The second-order valence-corrected chi connectivity index (χ2v) is 4.08. The number of alkyl halides is 3. The minimum atomic E-state index is -4.53. The van der Waals surface area contributed by atoms with Crippen molar-refractivity contribution in [1.29, 1.82) is 0 Å². The Morgan fingerprint density at radius 2 is 1.71 bits per heavy atom. The van der Waals surface area contributed by atoms with Crippen molar-refractivity contribution in [3.05, 3.63) is 65.2 Å². The van der Waals surface area contributed by atoms with Gasteiger partial charge < -0.3 is 0 Å². The van der Waals surface area contributed by atoms with E-state index in [1.54, 1.807) is 0 Å². The van der Waals surface area contributed by atoms with Crippen LogP contribution in [0.4, 0.5) is 27.6 Å². The van der Waals surface area contributed by atoms with Gasteiger partial charge in [0.2, 0.25) is 0 Å². The summed E-state index contributed by atoms with van der Waals surface area (Å²) < 4.78 is 64.1. The van der Waals surface area contributed by atoms with Gasteiger partial charge in [0.25, 0.3) is 0 Å². The third kappa shape index (κ3) is 3.77. The zero-order valence-electron chi connectivity index (χ0n) is 10.5. The van der Waals surface area contributed by atoms with E-state index in [-0.39, 0.29) is 11.3 Å². The van der Waals surface area contributed by atoms with Gasteiger partial charge in [0.1, 0.15) is 11.6 Å². The number of nitrogens with one attached hydrogen (secondary N) is 1. The minimum Gasteiger partial charge on any atom is -0.278 e. The molecule has 0 fully saturated rings. The molecular formula is C14H9F5N2. The van der Waals surface area contributed by atoms with Crippen LogP contribution in [0.15, 0.2) is 47.6 Å². The van der Waals surface area contributed by atoms with E-state index in [9.17, 15) is 22.0 Å². The Bertz CT molecular complexity index is 665. The lowest BCUT2D eigenvalue weighted by Crippen LogP contribution is -2.08. The van der Waals surface area contributed by atoms with Crippen LogP contribution in [0.2, 0.25) is 0 Å². The molecule has 21 heavy (non-hydrogen) atoms. The third-order valence-electron chi connectivity index (χ3n) is 2.58. The van der Waals surface area contributed by atoms with Gasteiger partial charge in [-0.25, -0.2) is 8.78 Å². The molecule has 0 aliphatic heterocycles. The van der Waals surface area contributed by atoms with Crippen LogP contribution in [0, 0.1) is 11.6 Å². The highest BCUT2D eigenvalue weighted by atomic mass is 19.4. The zero-order valence-corrected chi connectivity index (χ0v) is 10.5. The summed E-state index contributed by atoms with van der Waals surface area (Å²) in [4.78, 5) is 0. The van der Waals surface area contributed by atoms with Crippen molar-refractivity contribution in [2.45, 2.75) is 6.18 Å². The summed E-state index contributed by atoms with van der Waals surface area (Å²) in [5.74, 6) is -1.61. The molecule has 7 heteroatoms. The van der Waals surface area contributed by atoms with Crippen molar-refractivity contribution in [1.82, 2.24) is 0 Å². The fourth-order valence-electron chi connectivity index (χ4n) is 1.61. The summed E-state index contributed by atoms with van der Waals surface area (Å²) in [5, 5.41) is 3.54. The molecule has 0 bridgehead atoms. The van der Waals surface area contributed by atoms with E-state index in [4.69, 9.17) is 0 Å². The van der Waals surface area contributed by atoms with E-state index < -0.39 is 23.4 Å². The Morgan fingerprint density at radius 1 is 1.00 bits per heavy atom. The molecule has 2 aromatic carbocycles. The lowest BCUT2D eigenvalue weighted by Gasteiger charge is -2.11. The quantitative estimate of drug-likeness (QED) is 0.506. The van der Waals surface area contributed by atoms with Gasteiger partial charge in [-0.05, 0) is 24.3 Å². The van der Waals surface area contributed by atoms with Crippen LogP contribution in [-0.2, 0) is 6.18 Å². The van der Waals surface area contributed by atoms with E-state index in [0.29, 0.717) is 6.07 Å². The van der Waals surface area contributed by atoms with Gasteiger partial charge in [0.15, 0.2) is 0 Å². The number of hydrazone groups is 1. The minimum absolute atomic E-state index is 0.0478. The summed E-state index contributed by atoms with van der Waals surface area (Å²) >= 11 is 0. The van der Waals surface area contributed by atoms with Crippen LogP contribution >= 0.6 is 0 Å². The number of rotatable bonds is 3. The number of halogens is 5. The maximum atomic E-state index is 13.3. The molecule has 0 saturated carbocycles. The van der Waals surface area contributed by atoms with E-state index >= 15 is 0 Å². The topological polar surface area (TPSA) is 24.4 Å². The Hall–Kier alpha value is -2.44. The molecule has 2 nitrogen and oxygen atoms in total. The van der Waals surface area contributed by atoms with Crippen molar-refractivity contribution in [2.75, 3.05) is 5.43 Å². The maximum absolute atomic E-state index is 13.3. The monoisotopic (exact) mass is 300 g/mol. The maximum Gasteiger partial charge on any atom is 0.418 e. The molecule has 0 aliphatic rings. The van der Waals surface area contributed by atoms with Crippen LogP contribution in [0.1, 0.15) is 11.1 Å². The van der Waals surface area contributed by atoms with Crippen molar-refractivity contribution in [3.63, 3.8) is 0 Å². The second-order valence-electron chi connectivity index (χ2n) is 4.08. The van der Waals surface area contributed by atoms with Crippen LogP contribution in [0.25, 0.3) is 0 Å². The van der Waals surface area contributed by atoms with Crippen LogP contribution in [-0.4, -0.2) is 6.21 Å². The van der Waals surface area contributed by atoms with Crippen molar-refractivity contribution < 1.29 is 22.0 Å². The van der Waals surface area contributed by atoms with Gasteiger partial charge in [-0.1, -0.05) is 12.1 Å². The lowest BCUT2D eigenvalue weighted by atomic mass is 10.2. The average Bonchev–Trinajstić information content (AvgIpc) is 2.41. The van der Waals surface area contributed by atoms with Gasteiger partial charge in [0, 0.05) is 11.6 Å². The van der Waals surface area contributed by atoms with E-state index in [2.05, 4.69) is 10.5 Å². The Labute approximate surface area is 116 Å². The summed E-state index contributed by atoms with van der Waals surface area (Å²) in [5.41, 5.74) is 1.00. The average molecular weight is 300 g/mol. The summed E-state index contributed by atoms with van der Waals surface area (Å²) in [6.45, 7) is 0. The van der Waals surface area contributed by atoms with Crippen molar-refractivity contribution in [2.24, 2.45) is 5.10 Å². The first-order valence-corrected chi connectivity index (χ1v) is 5.78. The van der Waals surface area contributed by atoms with Crippen LogP contribution < -0.4 is 5.43 Å². The van der Waals surface area contributed by atoms with Gasteiger partial charge in [0.05, 0.1) is 17.5 Å². The van der Waals surface area contributed by atoms with Gasteiger partial charge >= 0.3 is 6.18 Å². The highest BCUT2D eigenvalue weighted by Gasteiger charge is 2.33. The SMILES string of the molecule is Fc1ccc(/C=N\Nc2ccccc2C(F)(F)F)c(F)c1. The smallest absolute Gasteiger partial charge is 0.278 e. The predicted molar refractivity (Wildman–Crippen MR) is 69.0 cm³/mol. The first-order valence-electron chi connectivity index (χ1n) is 5.78. The van der Waals surface area contributed by atoms with E-state index in [1.807, 2.05) is 0 Å². The summed E-state index contributed by atoms with van der Waals surface area (Å²) in [6, 6.07) is 7.56. The van der Waals surface area contributed by atoms with Crippen LogP contribution in [0.5, 0.6) is 0 Å². The largest absolute Gasteiger partial charge is 0.418 e.